The van der Waals surface area contributed by atoms with E-state index in [9.17, 15) is 9.59 Å². The van der Waals surface area contributed by atoms with Gasteiger partial charge in [0.15, 0.2) is 0 Å². The van der Waals surface area contributed by atoms with Crippen LogP contribution in [-0.4, -0.2) is 31.2 Å². The Balaban J connectivity index is 1.92. The maximum Gasteiger partial charge on any atom is 0.414 e. The quantitative estimate of drug-likeness (QED) is 0.897. The first kappa shape index (κ1) is 14.4. The van der Waals surface area contributed by atoms with Crippen LogP contribution in [0.1, 0.15) is 25.3 Å². The molecule has 2 rings (SSSR count). The molecule has 1 aromatic rings. The number of cyclic esters (lactones) is 1. The summed E-state index contributed by atoms with van der Waals surface area (Å²) in [5.74, 6) is -0.00226. The fourth-order valence-electron chi connectivity index (χ4n) is 2.18. The molecule has 1 unspecified atom stereocenters. The smallest absolute Gasteiger partial charge is 0.414 e. The van der Waals surface area contributed by atoms with Gasteiger partial charge >= 0.3 is 6.09 Å². The molecule has 0 bridgehead atoms. The van der Waals surface area contributed by atoms with E-state index in [0.717, 1.165) is 17.7 Å². The lowest BCUT2D eigenvalue weighted by molar-refractivity contribution is -0.121. The van der Waals surface area contributed by atoms with E-state index in [-0.39, 0.29) is 18.1 Å². The molecule has 0 radical (unpaired) electrons. The van der Waals surface area contributed by atoms with Gasteiger partial charge in [0.05, 0.1) is 13.1 Å². The second-order valence-electron chi connectivity index (χ2n) is 5.01. The summed E-state index contributed by atoms with van der Waals surface area (Å²) in [7, 11) is 0. The second kappa shape index (κ2) is 6.41. The summed E-state index contributed by atoms with van der Waals surface area (Å²) in [4.78, 5) is 24.9. The fourth-order valence-corrected chi connectivity index (χ4v) is 2.18. The van der Waals surface area contributed by atoms with Gasteiger partial charge in [0.2, 0.25) is 5.91 Å². The minimum Gasteiger partial charge on any atom is -0.442 e. The molecular formula is C15H20N2O3. The Morgan fingerprint density at radius 3 is 3.00 bits per heavy atom. The van der Waals surface area contributed by atoms with Crippen molar-refractivity contribution in [2.45, 2.75) is 32.8 Å². The van der Waals surface area contributed by atoms with Crippen LogP contribution in [0.25, 0.3) is 0 Å². The SMILES string of the molecule is CCCC(=O)NCC1CN(c2cccc(C)c2)C(=O)O1. The highest BCUT2D eigenvalue weighted by atomic mass is 16.6. The largest absolute Gasteiger partial charge is 0.442 e. The average Bonchev–Trinajstić information content (AvgIpc) is 2.78. The molecule has 1 aromatic carbocycles. The van der Waals surface area contributed by atoms with Crippen LogP contribution in [0.5, 0.6) is 0 Å². The molecule has 5 heteroatoms. The van der Waals surface area contributed by atoms with Crippen molar-refractivity contribution in [1.82, 2.24) is 5.32 Å². The van der Waals surface area contributed by atoms with E-state index in [1.807, 2.05) is 38.1 Å². The first-order valence-electron chi connectivity index (χ1n) is 6.91. The molecule has 1 aliphatic heterocycles. The molecule has 1 N–H and O–H groups in total. The van der Waals surface area contributed by atoms with Gasteiger partial charge in [-0.1, -0.05) is 19.1 Å². The van der Waals surface area contributed by atoms with Crippen LogP contribution in [0.3, 0.4) is 0 Å². The summed E-state index contributed by atoms with van der Waals surface area (Å²) >= 11 is 0. The van der Waals surface area contributed by atoms with Crippen molar-refractivity contribution in [3.05, 3.63) is 29.8 Å². The number of anilines is 1. The highest BCUT2D eigenvalue weighted by molar-refractivity contribution is 5.89. The summed E-state index contributed by atoms with van der Waals surface area (Å²) in [6.45, 7) is 4.77. The van der Waals surface area contributed by atoms with E-state index in [4.69, 9.17) is 4.74 Å². The maximum atomic E-state index is 11.9. The summed E-state index contributed by atoms with van der Waals surface area (Å²) < 4.78 is 5.27. The number of amides is 2. The van der Waals surface area contributed by atoms with Gasteiger partial charge in [-0.2, -0.15) is 0 Å². The van der Waals surface area contributed by atoms with E-state index in [0.29, 0.717) is 19.5 Å². The Bertz CT molecular complexity index is 502. The molecule has 0 saturated carbocycles. The van der Waals surface area contributed by atoms with Crippen LogP contribution in [0, 0.1) is 6.92 Å². The molecule has 1 aliphatic rings. The number of carbonyl (C=O) groups is 2. The summed E-state index contributed by atoms with van der Waals surface area (Å²) in [6, 6.07) is 7.72. The number of hydrogen-bond donors (Lipinski definition) is 1. The minimum atomic E-state index is -0.356. The molecule has 1 heterocycles. The molecule has 108 valence electrons. The van der Waals surface area contributed by atoms with Crippen LogP contribution >= 0.6 is 0 Å². The zero-order chi connectivity index (χ0) is 14.5. The first-order valence-corrected chi connectivity index (χ1v) is 6.91. The van der Waals surface area contributed by atoms with Gasteiger partial charge in [0, 0.05) is 12.1 Å². The lowest BCUT2D eigenvalue weighted by Gasteiger charge is -2.13. The Kier molecular flexibility index (Phi) is 4.61. The zero-order valence-corrected chi connectivity index (χ0v) is 11.9. The first-order chi connectivity index (χ1) is 9.60. The molecule has 20 heavy (non-hydrogen) atoms. The van der Waals surface area contributed by atoms with Crippen molar-refractivity contribution in [2.24, 2.45) is 0 Å². The van der Waals surface area contributed by atoms with E-state index in [2.05, 4.69) is 5.32 Å². The third kappa shape index (κ3) is 3.50. The zero-order valence-electron chi connectivity index (χ0n) is 11.9. The second-order valence-corrected chi connectivity index (χ2v) is 5.01. The van der Waals surface area contributed by atoms with Gasteiger partial charge in [0.1, 0.15) is 6.10 Å². The molecular weight excluding hydrogens is 256 g/mol. The van der Waals surface area contributed by atoms with Crippen molar-refractivity contribution in [1.29, 1.82) is 0 Å². The van der Waals surface area contributed by atoms with Crippen LogP contribution in [0.15, 0.2) is 24.3 Å². The van der Waals surface area contributed by atoms with Crippen molar-refractivity contribution in [3.63, 3.8) is 0 Å². The Hall–Kier alpha value is -2.04. The molecule has 0 spiro atoms. The van der Waals surface area contributed by atoms with Crippen molar-refractivity contribution >= 4 is 17.7 Å². The predicted molar refractivity (Wildman–Crippen MR) is 76.7 cm³/mol. The number of carbonyl (C=O) groups excluding carboxylic acids is 2. The third-order valence-corrected chi connectivity index (χ3v) is 3.19. The van der Waals surface area contributed by atoms with Gasteiger partial charge in [0.25, 0.3) is 0 Å². The number of aryl methyl sites for hydroxylation is 1. The Labute approximate surface area is 118 Å². The van der Waals surface area contributed by atoms with Crippen LogP contribution < -0.4 is 10.2 Å². The number of nitrogens with one attached hydrogen (secondary N) is 1. The number of nitrogens with zero attached hydrogens (tertiary/aromatic N) is 1. The molecule has 1 fully saturated rings. The lowest BCUT2D eigenvalue weighted by Crippen LogP contribution is -2.34. The van der Waals surface area contributed by atoms with Gasteiger partial charge in [-0.25, -0.2) is 4.79 Å². The molecule has 0 aromatic heterocycles. The molecule has 0 aliphatic carbocycles. The standard InChI is InChI=1S/C15H20N2O3/c1-3-5-14(18)16-9-13-10-17(15(19)20-13)12-7-4-6-11(2)8-12/h4,6-8,13H,3,5,9-10H2,1-2H3,(H,16,18). The van der Waals surface area contributed by atoms with E-state index >= 15 is 0 Å². The van der Waals surface area contributed by atoms with Crippen molar-refractivity contribution < 1.29 is 14.3 Å². The van der Waals surface area contributed by atoms with Gasteiger partial charge < -0.3 is 10.1 Å². The van der Waals surface area contributed by atoms with Gasteiger partial charge in [-0.15, -0.1) is 0 Å². The van der Waals surface area contributed by atoms with Crippen molar-refractivity contribution in [2.75, 3.05) is 18.0 Å². The van der Waals surface area contributed by atoms with Crippen LogP contribution in [0.4, 0.5) is 10.5 Å². The van der Waals surface area contributed by atoms with Crippen LogP contribution in [-0.2, 0) is 9.53 Å². The number of ether oxygens (including phenoxy) is 1. The number of hydrogen-bond acceptors (Lipinski definition) is 3. The van der Waals surface area contributed by atoms with Crippen molar-refractivity contribution in [3.8, 4) is 0 Å². The highest BCUT2D eigenvalue weighted by Gasteiger charge is 2.32. The topological polar surface area (TPSA) is 58.6 Å². The Morgan fingerprint density at radius 1 is 1.50 bits per heavy atom. The molecule has 1 saturated heterocycles. The van der Waals surface area contributed by atoms with Gasteiger partial charge in [-0.05, 0) is 31.0 Å². The molecule has 2 amide bonds. The summed E-state index contributed by atoms with van der Waals surface area (Å²) in [5, 5.41) is 2.79. The summed E-state index contributed by atoms with van der Waals surface area (Å²) in [5.41, 5.74) is 1.92. The fraction of sp³-hybridized carbons (Fsp3) is 0.467. The normalized spacial score (nSPS) is 18.0. The summed E-state index contributed by atoms with van der Waals surface area (Å²) in [6.07, 6.45) is 0.669. The minimum absolute atomic E-state index is 0.00226. The lowest BCUT2D eigenvalue weighted by atomic mass is 10.2. The predicted octanol–water partition coefficient (Wildman–Crippen LogP) is 2.24. The number of benzene rings is 1. The van der Waals surface area contributed by atoms with E-state index in [1.54, 1.807) is 4.90 Å². The molecule has 1 atom stereocenters. The highest BCUT2D eigenvalue weighted by Crippen LogP contribution is 2.22. The van der Waals surface area contributed by atoms with Crippen LogP contribution in [0.2, 0.25) is 0 Å². The van der Waals surface area contributed by atoms with E-state index < -0.39 is 0 Å². The monoisotopic (exact) mass is 276 g/mol. The van der Waals surface area contributed by atoms with E-state index in [1.165, 1.54) is 0 Å². The average molecular weight is 276 g/mol. The number of rotatable bonds is 5. The maximum absolute atomic E-state index is 11.9. The third-order valence-electron chi connectivity index (χ3n) is 3.19. The van der Waals surface area contributed by atoms with Gasteiger partial charge in [-0.3, -0.25) is 9.69 Å². The Morgan fingerprint density at radius 2 is 2.30 bits per heavy atom. The molecule has 5 nitrogen and oxygen atoms in total.